The summed E-state index contributed by atoms with van der Waals surface area (Å²) in [4.78, 5) is 14.4. The lowest BCUT2D eigenvalue weighted by Crippen LogP contribution is -2.40. The molecule has 2 heterocycles. The molecular formula is C19H29N3O4S. The number of piperidine rings is 1. The molecule has 0 amide bonds. The number of hydrogen-bond donors (Lipinski definition) is 1. The number of fused-ring (bicyclic) bond motifs is 1. The zero-order valence-corrected chi connectivity index (χ0v) is 17.1. The van der Waals surface area contributed by atoms with Gasteiger partial charge in [0.05, 0.1) is 10.4 Å². The molecule has 1 saturated heterocycles. The highest BCUT2D eigenvalue weighted by molar-refractivity contribution is 7.89. The predicted molar refractivity (Wildman–Crippen MR) is 105 cm³/mol. The van der Waals surface area contributed by atoms with Crippen molar-refractivity contribution < 1.29 is 12.8 Å². The lowest BCUT2D eigenvalue weighted by molar-refractivity contribution is 0.169. The fourth-order valence-corrected chi connectivity index (χ4v) is 4.84. The van der Waals surface area contributed by atoms with Crippen LogP contribution >= 0.6 is 0 Å². The maximum Gasteiger partial charge on any atom is 0.419 e. The number of oxazole rings is 1. The molecule has 150 valence electrons. The summed E-state index contributed by atoms with van der Waals surface area (Å²) >= 11 is 0. The topological polar surface area (TPSA) is 84.5 Å². The summed E-state index contributed by atoms with van der Waals surface area (Å²) in [5.74, 6) is 0.534. The highest BCUT2D eigenvalue weighted by Gasteiger charge is 2.23. The summed E-state index contributed by atoms with van der Waals surface area (Å²) in [6, 6.07) is 4.58. The van der Waals surface area contributed by atoms with E-state index in [0.717, 1.165) is 32.5 Å². The average Bonchev–Trinajstić information content (AvgIpc) is 2.94. The second-order valence-electron chi connectivity index (χ2n) is 7.73. The molecule has 2 aromatic rings. The van der Waals surface area contributed by atoms with Crippen molar-refractivity contribution in [3.8, 4) is 0 Å². The molecule has 1 aromatic carbocycles. The normalized spacial score (nSPS) is 17.2. The highest BCUT2D eigenvalue weighted by atomic mass is 32.2. The second kappa shape index (κ2) is 8.16. The maximum atomic E-state index is 12.6. The van der Waals surface area contributed by atoms with Gasteiger partial charge in [0.1, 0.15) is 0 Å². The van der Waals surface area contributed by atoms with Crippen molar-refractivity contribution in [3.63, 3.8) is 0 Å². The molecule has 0 aliphatic carbocycles. The van der Waals surface area contributed by atoms with Crippen LogP contribution in [0.3, 0.4) is 0 Å². The van der Waals surface area contributed by atoms with E-state index >= 15 is 0 Å². The third-order valence-corrected chi connectivity index (χ3v) is 6.58. The van der Waals surface area contributed by atoms with Gasteiger partial charge in [-0.2, -0.15) is 0 Å². The van der Waals surface area contributed by atoms with Crippen LogP contribution < -0.4 is 10.5 Å². The molecule has 1 aliphatic heterocycles. The van der Waals surface area contributed by atoms with Crippen LogP contribution in [0, 0.1) is 11.8 Å². The lowest BCUT2D eigenvalue weighted by Gasteiger charge is -2.32. The van der Waals surface area contributed by atoms with Crippen molar-refractivity contribution in [1.29, 1.82) is 0 Å². The average molecular weight is 396 g/mol. The van der Waals surface area contributed by atoms with Crippen molar-refractivity contribution in [2.24, 2.45) is 11.8 Å². The summed E-state index contributed by atoms with van der Waals surface area (Å²) in [5, 5.41) is 0. The van der Waals surface area contributed by atoms with E-state index in [2.05, 4.69) is 23.5 Å². The molecule has 0 spiro atoms. The lowest BCUT2D eigenvalue weighted by atomic mass is 9.96. The Hall–Kier alpha value is -1.64. The van der Waals surface area contributed by atoms with Crippen molar-refractivity contribution >= 4 is 21.1 Å². The van der Waals surface area contributed by atoms with E-state index < -0.39 is 15.8 Å². The molecule has 1 aliphatic rings. The highest BCUT2D eigenvalue weighted by Crippen LogP contribution is 2.21. The van der Waals surface area contributed by atoms with Crippen LogP contribution in [0.1, 0.15) is 33.6 Å². The Morgan fingerprint density at radius 1 is 1.26 bits per heavy atom. The van der Waals surface area contributed by atoms with Crippen molar-refractivity contribution in [1.82, 2.24) is 14.2 Å². The first-order valence-corrected chi connectivity index (χ1v) is 11.1. The summed E-state index contributed by atoms with van der Waals surface area (Å²) in [7, 11) is -3.63. The number of hydrogen-bond acceptors (Lipinski definition) is 5. The van der Waals surface area contributed by atoms with Crippen LogP contribution in [0.15, 0.2) is 32.3 Å². The van der Waals surface area contributed by atoms with E-state index in [-0.39, 0.29) is 4.90 Å². The molecule has 1 aromatic heterocycles. The number of benzene rings is 1. The fourth-order valence-electron chi connectivity index (χ4n) is 3.71. The molecule has 0 radical (unpaired) electrons. The van der Waals surface area contributed by atoms with E-state index in [4.69, 9.17) is 4.42 Å². The van der Waals surface area contributed by atoms with Crippen LogP contribution in [0.25, 0.3) is 11.1 Å². The van der Waals surface area contributed by atoms with Gasteiger partial charge in [-0.05, 0) is 56.8 Å². The zero-order chi connectivity index (χ0) is 19.6. The van der Waals surface area contributed by atoms with Gasteiger partial charge in [0.25, 0.3) is 0 Å². The number of rotatable bonds is 7. The van der Waals surface area contributed by atoms with Gasteiger partial charge in [-0.25, -0.2) is 17.9 Å². The number of nitrogens with zero attached hydrogens (tertiary/aromatic N) is 2. The van der Waals surface area contributed by atoms with Crippen LogP contribution in [-0.2, 0) is 16.6 Å². The molecule has 1 fully saturated rings. The maximum absolute atomic E-state index is 12.6. The first-order chi connectivity index (χ1) is 12.8. The van der Waals surface area contributed by atoms with E-state index in [1.807, 2.05) is 6.92 Å². The van der Waals surface area contributed by atoms with Crippen molar-refractivity contribution in [2.45, 2.75) is 45.1 Å². The Bertz CT molecular complexity index is 938. The Morgan fingerprint density at radius 3 is 2.59 bits per heavy atom. The second-order valence-corrected chi connectivity index (χ2v) is 9.50. The van der Waals surface area contributed by atoms with E-state index in [9.17, 15) is 13.2 Å². The molecule has 1 N–H and O–H groups in total. The number of aromatic nitrogens is 1. The van der Waals surface area contributed by atoms with Crippen molar-refractivity contribution in [2.75, 3.05) is 26.2 Å². The third-order valence-electron chi connectivity index (χ3n) is 5.16. The van der Waals surface area contributed by atoms with Gasteiger partial charge >= 0.3 is 5.76 Å². The van der Waals surface area contributed by atoms with Gasteiger partial charge in [-0.3, -0.25) is 4.57 Å². The van der Waals surface area contributed by atoms with Crippen molar-refractivity contribution in [3.05, 3.63) is 28.7 Å². The minimum absolute atomic E-state index is 0.129. The van der Waals surface area contributed by atoms with Gasteiger partial charge in [0.15, 0.2) is 5.58 Å². The summed E-state index contributed by atoms with van der Waals surface area (Å²) < 4.78 is 34.7. The quantitative estimate of drug-likeness (QED) is 0.777. The predicted octanol–water partition coefficient (Wildman–Crippen LogP) is 2.26. The SMILES string of the molecule is CCn1c(=O)oc2cc(S(=O)(=O)NCC3CCN(CC(C)C)CC3)ccc21. The van der Waals surface area contributed by atoms with Gasteiger partial charge in [0.2, 0.25) is 10.0 Å². The first kappa shape index (κ1) is 20.1. The van der Waals surface area contributed by atoms with Gasteiger partial charge < -0.3 is 9.32 Å². The minimum Gasteiger partial charge on any atom is -0.408 e. The zero-order valence-electron chi connectivity index (χ0n) is 16.3. The first-order valence-electron chi connectivity index (χ1n) is 9.65. The summed E-state index contributed by atoms with van der Waals surface area (Å²) in [5.41, 5.74) is 0.908. The van der Waals surface area contributed by atoms with Gasteiger partial charge in [-0.15, -0.1) is 0 Å². The molecule has 0 bridgehead atoms. The molecular weight excluding hydrogens is 366 g/mol. The Morgan fingerprint density at radius 2 is 1.96 bits per heavy atom. The fraction of sp³-hybridized carbons (Fsp3) is 0.632. The Balaban J connectivity index is 1.64. The van der Waals surface area contributed by atoms with Gasteiger partial charge in [0, 0.05) is 25.7 Å². The molecule has 0 unspecified atom stereocenters. The number of nitrogens with one attached hydrogen (secondary N) is 1. The standard InChI is InChI=1S/C19H29N3O4S/c1-4-22-17-6-5-16(11-18(17)26-19(22)23)27(24,25)20-12-15-7-9-21(10-8-15)13-14(2)3/h5-6,11,14-15,20H,4,7-10,12-13H2,1-3H3. The Kier molecular flexibility index (Phi) is 6.08. The molecule has 0 atom stereocenters. The molecule has 7 nitrogen and oxygen atoms in total. The smallest absolute Gasteiger partial charge is 0.408 e. The minimum atomic E-state index is -3.63. The van der Waals surface area contributed by atoms with Crippen LogP contribution in [0.2, 0.25) is 0 Å². The van der Waals surface area contributed by atoms with Crippen LogP contribution in [-0.4, -0.2) is 44.1 Å². The van der Waals surface area contributed by atoms with E-state index in [1.165, 1.54) is 16.7 Å². The van der Waals surface area contributed by atoms with E-state index in [0.29, 0.717) is 36.0 Å². The van der Waals surface area contributed by atoms with Crippen LogP contribution in [0.5, 0.6) is 0 Å². The number of likely N-dealkylation sites (tertiary alicyclic amines) is 1. The Labute approximate surface area is 160 Å². The molecule has 0 saturated carbocycles. The van der Waals surface area contributed by atoms with E-state index in [1.54, 1.807) is 6.07 Å². The third kappa shape index (κ3) is 4.62. The summed E-state index contributed by atoms with van der Waals surface area (Å²) in [6.45, 7) is 10.3. The van der Waals surface area contributed by atoms with Gasteiger partial charge in [-0.1, -0.05) is 13.8 Å². The molecule has 8 heteroatoms. The van der Waals surface area contributed by atoms with Crippen LogP contribution in [0.4, 0.5) is 0 Å². The molecule has 3 rings (SSSR count). The largest absolute Gasteiger partial charge is 0.419 e. The number of aryl methyl sites for hydroxylation is 1. The monoisotopic (exact) mass is 395 g/mol. The number of sulfonamides is 1. The summed E-state index contributed by atoms with van der Waals surface area (Å²) in [6.07, 6.45) is 2.00. The molecule has 27 heavy (non-hydrogen) atoms.